The molecule has 4 fully saturated rings. The Balaban J connectivity index is 1.57. The fourth-order valence-electron chi connectivity index (χ4n) is 7.99. The number of rotatable bonds is 12. The van der Waals surface area contributed by atoms with E-state index in [0.717, 1.165) is 64.2 Å². The van der Waals surface area contributed by atoms with E-state index in [1.54, 1.807) is 4.90 Å². The van der Waals surface area contributed by atoms with Gasteiger partial charge < -0.3 is 26.2 Å². The van der Waals surface area contributed by atoms with Crippen molar-refractivity contribution in [1.82, 2.24) is 26.2 Å². The maximum atomic E-state index is 14.5. The molecule has 1 heterocycles. The number of hydrogen-bond donors (Lipinski definition) is 4. The summed E-state index contributed by atoms with van der Waals surface area (Å²) in [5, 5.41) is 11.7. The Morgan fingerprint density at radius 2 is 1.64 bits per heavy atom. The van der Waals surface area contributed by atoms with Gasteiger partial charge in [0.25, 0.3) is 5.91 Å². The minimum atomic E-state index is -0.955. The highest BCUT2D eigenvalue weighted by Gasteiger charge is 2.57. The van der Waals surface area contributed by atoms with Crippen LogP contribution < -0.4 is 21.3 Å². The lowest BCUT2D eigenvalue weighted by atomic mass is 9.79. The van der Waals surface area contributed by atoms with Crippen LogP contribution in [0, 0.1) is 28.6 Å². The number of nitrogens with one attached hydrogen (secondary N) is 4. The Bertz CT molecular complexity index is 1150. The predicted octanol–water partition coefficient (Wildman–Crippen LogP) is 4.23. The van der Waals surface area contributed by atoms with Gasteiger partial charge in [-0.25, -0.2) is 4.79 Å². The molecule has 0 aromatic heterocycles. The van der Waals surface area contributed by atoms with E-state index in [2.05, 4.69) is 48.6 Å². The molecule has 5 amide bonds. The third-order valence-corrected chi connectivity index (χ3v) is 11.1. The maximum Gasteiger partial charge on any atom is 0.315 e. The van der Waals surface area contributed by atoms with Gasteiger partial charge in [0, 0.05) is 18.6 Å². The third-order valence-electron chi connectivity index (χ3n) is 11.1. The molecule has 252 valence electrons. The van der Waals surface area contributed by atoms with E-state index in [9.17, 15) is 24.0 Å². The molecule has 3 saturated carbocycles. The molecule has 1 saturated heterocycles. The van der Waals surface area contributed by atoms with Crippen LogP contribution in [0.2, 0.25) is 0 Å². The number of ketones is 1. The van der Waals surface area contributed by atoms with Crippen molar-refractivity contribution in [3.8, 4) is 0 Å². The first-order valence-electron chi connectivity index (χ1n) is 17.2. The SMILES string of the molecule is C=CCNC(=O)C(=O)C(CC1CC1)NC(=O)[C@@H]1[C@H]2CCC(C)(C)[C@H]2CN1C(=O)[C@@H](NC(=O)NC1(CC)CCCCC1)C(C)(C)C. The van der Waals surface area contributed by atoms with Crippen LogP contribution in [0.15, 0.2) is 12.7 Å². The average molecular weight is 628 g/mol. The van der Waals surface area contributed by atoms with Gasteiger partial charge >= 0.3 is 6.03 Å². The summed E-state index contributed by atoms with van der Waals surface area (Å²) in [4.78, 5) is 69.7. The molecule has 3 aliphatic carbocycles. The van der Waals surface area contributed by atoms with E-state index in [-0.39, 0.29) is 47.2 Å². The molecule has 5 atom stereocenters. The second-order valence-electron chi connectivity index (χ2n) is 15.9. The fourth-order valence-corrected chi connectivity index (χ4v) is 7.99. The smallest absolute Gasteiger partial charge is 0.315 e. The minimum Gasteiger partial charge on any atom is -0.346 e. The zero-order valence-corrected chi connectivity index (χ0v) is 28.4. The predicted molar refractivity (Wildman–Crippen MR) is 174 cm³/mol. The van der Waals surface area contributed by atoms with Gasteiger partial charge in [0.2, 0.25) is 17.6 Å². The number of carbonyl (C=O) groups excluding carboxylic acids is 5. The second-order valence-corrected chi connectivity index (χ2v) is 15.9. The zero-order chi connectivity index (χ0) is 33.2. The van der Waals surface area contributed by atoms with Crippen LogP contribution in [0.1, 0.15) is 112 Å². The van der Waals surface area contributed by atoms with Gasteiger partial charge in [-0.3, -0.25) is 19.2 Å². The molecule has 1 unspecified atom stereocenters. The van der Waals surface area contributed by atoms with Gasteiger partial charge in [-0.1, -0.05) is 79.7 Å². The van der Waals surface area contributed by atoms with E-state index < -0.39 is 41.1 Å². The van der Waals surface area contributed by atoms with Crippen LogP contribution in [0.3, 0.4) is 0 Å². The summed E-state index contributed by atoms with van der Waals surface area (Å²) in [6.07, 6.45) is 11.5. The fraction of sp³-hybridized carbons (Fsp3) is 0.800. The lowest BCUT2D eigenvalue weighted by Crippen LogP contribution is -2.62. The largest absolute Gasteiger partial charge is 0.346 e. The molecule has 0 bridgehead atoms. The summed E-state index contributed by atoms with van der Waals surface area (Å²) in [6, 6.07) is -2.96. The number of likely N-dealkylation sites (tertiary alicyclic amines) is 1. The molecular weight excluding hydrogens is 570 g/mol. The van der Waals surface area contributed by atoms with Crippen molar-refractivity contribution in [2.45, 2.75) is 136 Å². The van der Waals surface area contributed by atoms with E-state index in [4.69, 9.17) is 0 Å². The van der Waals surface area contributed by atoms with Crippen LogP contribution in [0.5, 0.6) is 0 Å². The van der Waals surface area contributed by atoms with Crippen molar-refractivity contribution in [2.75, 3.05) is 13.1 Å². The quantitative estimate of drug-likeness (QED) is 0.190. The zero-order valence-electron chi connectivity index (χ0n) is 28.4. The Hall–Kier alpha value is -2.91. The number of amides is 5. The molecule has 0 radical (unpaired) electrons. The van der Waals surface area contributed by atoms with Crippen molar-refractivity contribution in [3.63, 3.8) is 0 Å². The molecule has 10 nitrogen and oxygen atoms in total. The first-order valence-corrected chi connectivity index (χ1v) is 17.2. The number of urea groups is 1. The van der Waals surface area contributed by atoms with Gasteiger partial charge in [-0.05, 0) is 67.1 Å². The van der Waals surface area contributed by atoms with Crippen LogP contribution >= 0.6 is 0 Å². The van der Waals surface area contributed by atoms with E-state index in [1.807, 2.05) is 20.8 Å². The summed E-state index contributed by atoms with van der Waals surface area (Å²) in [6.45, 7) is 16.4. The number of carbonyl (C=O) groups is 5. The van der Waals surface area contributed by atoms with E-state index in [1.165, 1.54) is 6.08 Å². The van der Waals surface area contributed by atoms with Crippen molar-refractivity contribution >= 4 is 29.5 Å². The molecule has 1 aliphatic heterocycles. The molecule has 45 heavy (non-hydrogen) atoms. The van der Waals surface area contributed by atoms with Crippen molar-refractivity contribution in [3.05, 3.63) is 12.7 Å². The van der Waals surface area contributed by atoms with Crippen molar-refractivity contribution in [2.24, 2.45) is 28.6 Å². The van der Waals surface area contributed by atoms with Gasteiger partial charge in [0.05, 0.1) is 6.04 Å². The molecule has 0 spiro atoms. The number of fused-ring (bicyclic) bond motifs is 1. The van der Waals surface area contributed by atoms with E-state index in [0.29, 0.717) is 13.0 Å². The highest BCUT2D eigenvalue weighted by molar-refractivity contribution is 6.38. The standard InChI is InChI=1S/C35H57N5O5/c1-8-19-36-30(43)27(41)25(20-22-13-14-22)37-29(42)26-23-15-18-34(6,7)24(23)21-40(26)31(44)28(33(3,4)5)38-32(45)39-35(9-2)16-11-10-12-17-35/h8,22-26,28H,1,9-21H2,2-7H3,(H,36,43)(H,37,42)(H2,38,39,45)/t23-,24-,25?,26-,28+/m0/s1. The second kappa shape index (κ2) is 13.8. The Morgan fingerprint density at radius 1 is 0.978 bits per heavy atom. The molecule has 0 aromatic rings. The Kier molecular flexibility index (Phi) is 10.7. The van der Waals surface area contributed by atoms with Crippen LogP contribution in [0.4, 0.5) is 4.79 Å². The molecular formula is C35H57N5O5. The minimum absolute atomic E-state index is 0.0669. The summed E-state index contributed by atoms with van der Waals surface area (Å²) >= 11 is 0. The normalized spacial score (nSPS) is 26.6. The molecule has 4 rings (SSSR count). The van der Waals surface area contributed by atoms with E-state index >= 15 is 0 Å². The van der Waals surface area contributed by atoms with Gasteiger partial charge in [0.1, 0.15) is 12.1 Å². The third kappa shape index (κ3) is 8.09. The van der Waals surface area contributed by atoms with Crippen molar-refractivity contribution < 1.29 is 24.0 Å². The summed E-state index contributed by atoms with van der Waals surface area (Å²) in [5.41, 5.74) is -0.961. The van der Waals surface area contributed by atoms with Crippen LogP contribution in [0.25, 0.3) is 0 Å². The van der Waals surface area contributed by atoms with Gasteiger partial charge in [-0.2, -0.15) is 0 Å². The molecule has 10 heteroatoms. The lowest BCUT2D eigenvalue weighted by Gasteiger charge is -2.40. The Morgan fingerprint density at radius 3 is 2.22 bits per heavy atom. The van der Waals surface area contributed by atoms with Crippen molar-refractivity contribution in [1.29, 1.82) is 0 Å². The summed E-state index contributed by atoms with van der Waals surface area (Å²) in [7, 11) is 0. The lowest BCUT2D eigenvalue weighted by molar-refractivity contribution is -0.144. The average Bonchev–Trinajstić information content (AvgIpc) is 3.64. The highest BCUT2D eigenvalue weighted by atomic mass is 16.2. The summed E-state index contributed by atoms with van der Waals surface area (Å²) in [5.74, 6) is -1.78. The number of nitrogens with zero attached hydrogens (tertiary/aromatic N) is 1. The van der Waals surface area contributed by atoms with Gasteiger partial charge in [0.15, 0.2) is 0 Å². The van der Waals surface area contributed by atoms with Crippen LogP contribution in [-0.4, -0.2) is 71.2 Å². The molecule has 4 aliphatic rings. The molecule has 4 N–H and O–H groups in total. The van der Waals surface area contributed by atoms with Gasteiger partial charge in [-0.15, -0.1) is 6.58 Å². The Labute approximate surface area is 269 Å². The number of hydrogen-bond acceptors (Lipinski definition) is 5. The topological polar surface area (TPSA) is 137 Å². The number of Topliss-reactive ketones (excluding diaryl/α,β-unsaturated/α-hetero) is 1. The monoisotopic (exact) mass is 627 g/mol. The summed E-state index contributed by atoms with van der Waals surface area (Å²) < 4.78 is 0. The van der Waals surface area contributed by atoms with Crippen LogP contribution in [-0.2, 0) is 19.2 Å². The maximum absolute atomic E-state index is 14.5. The highest BCUT2D eigenvalue weighted by Crippen LogP contribution is 2.53. The first-order chi connectivity index (χ1) is 21.1. The molecule has 0 aromatic carbocycles. The first kappa shape index (κ1) is 35.0.